The van der Waals surface area contributed by atoms with Gasteiger partial charge in [0.1, 0.15) is 0 Å². The summed E-state index contributed by atoms with van der Waals surface area (Å²) in [7, 11) is -2.02. The van der Waals surface area contributed by atoms with E-state index in [1.165, 1.54) is 20.8 Å². The summed E-state index contributed by atoms with van der Waals surface area (Å²) in [4.78, 5) is 0. The molecule has 0 aromatic rings. The Balaban J connectivity index is 4.06. The standard InChI is InChI=1S/C5H10F2OS/c1-5(2,3)9(8)4(6)7/h4H,1-3H3. The van der Waals surface area contributed by atoms with Crippen LogP contribution in [0, 0.1) is 0 Å². The molecule has 0 fully saturated rings. The Morgan fingerprint density at radius 2 is 1.67 bits per heavy atom. The van der Waals surface area contributed by atoms with Crippen LogP contribution >= 0.6 is 0 Å². The summed E-state index contributed by atoms with van der Waals surface area (Å²) in [6, 6.07) is 0. The highest BCUT2D eigenvalue weighted by Crippen LogP contribution is 2.16. The molecule has 0 saturated heterocycles. The molecule has 56 valence electrons. The highest BCUT2D eigenvalue weighted by atomic mass is 32.2. The van der Waals surface area contributed by atoms with Crippen molar-refractivity contribution in [2.45, 2.75) is 31.3 Å². The first-order chi connectivity index (χ1) is 3.85. The second-order valence-electron chi connectivity index (χ2n) is 2.67. The van der Waals surface area contributed by atoms with Crippen molar-refractivity contribution in [3.05, 3.63) is 0 Å². The molecular formula is C5H10F2OS. The lowest BCUT2D eigenvalue weighted by atomic mass is 10.3. The van der Waals surface area contributed by atoms with Gasteiger partial charge < -0.3 is 0 Å². The molecule has 0 aliphatic rings. The maximum Gasteiger partial charge on any atom is 0.312 e. The summed E-state index contributed by atoms with van der Waals surface area (Å²) < 4.78 is 33.0. The van der Waals surface area contributed by atoms with Gasteiger partial charge in [-0.05, 0) is 20.8 Å². The first kappa shape index (κ1) is 9.01. The van der Waals surface area contributed by atoms with E-state index < -0.39 is 21.3 Å². The second kappa shape index (κ2) is 2.73. The van der Waals surface area contributed by atoms with Crippen molar-refractivity contribution in [2.24, 2.45) is 0 Å². The van der Waals surface area contributed by atoms with Crippen molar-refractivity contribution in [1.29, 1.82) is 0 Å². The quantitative estimate of drug-likeness (QED) is 0.565. The molecule has 1 nitrogen and oxygen atoms in total. The summed E-state index contributed by atoms with van der Waals surface area (Å²) in [6.07, 6.45) is 0. The molecule has 9 heavy (non-hydrogen) atoms. The Bertz CT molecular complexity index is 117. The molecule has 0 bridgehead atoms. The Kier molecular flexibility index (Phi) is 2.73. The summed E-state index contributed by atoms with van der Waals surface area (Å²) in [5.41, 5.74) is 0. The highest BCUT2D eigenvalue weighted by Gasteiger charge is 2.27. The first-order valence-electron chi connectivity index (χ1n) is 2.54. The van der Waals surface area contributed by atoms with E-state index >= 15 is 0 Å². The normalized spacial score (nSPS) is 16.2. The minimum absolute atomic E-state index is 0.797. The van der Waals surface area contributed by atoms with Gasteiger partial charge in [-0.15, -0.1) is 0 Å². The molecule has 0 saturated carbocycles. The molecule has 1 unspecified atom stereocenters. The van der Waals surface area contributed by atoms with E-state index in [1.54, 1.807) is 0 Å². The largest absolute Gasteiger partial charge is 0.312 e. The van der Waals surface area contributed by atoms with Gasteiger partial charge in [-0.2, -0.15) is 8.78 Å². The summed E-state index contributed by atoms with van der Waals surface area (Å²) in [6.45, 7) is 4.57. The fourth-order valence-corrected chi connectivity index (χ4v) is 0.802. The van der Waals surface area contributed by atoms with Gasteiger partial charge in [-0.1, -0.05) is 0 Å². The van der Waals surface area contributed by atoms with Gasteiger partial charge in [0.2, 0.25) is 0 Å². The summed E-state index contributed by atoms with van der Waals surface area (Å²) >= 11 is 0. The zero-order valence-electron chi connectivity index (χ0n) is 5.65. The minimum atomic E-state index is -2.72. The van der Waals surface area contributed by atoms with Gasteiger partial charge in [0.25, 0.3) is 0 Å². The third-order valence-corrected chi connectivity index (χ3v) is 2.30. The zero-order valence-corrected chi connectivity index (χ0v) is 6.47. The molecule has 0 amide bonds. The Hall–Kier alpha value is 0.01000. The van der Waals surface area contributed by atoms with Crippen molar-refractivity contribution in [2.75, 3.05) is 0 Å². The number of alkyl halides is 2. The van der Waals surface area contributed by atoms with Crippen LogP contribution in [0.25, 0.3) is 0 Å². The van der Waals surface area contributed by atoms with Crippen LogP contribution < -0.4 is 0 Å². The predicted molar refractivity (Wildman–Crippen MR) is 33.9 cm³/mol. The molecule has 0 aliphatic heterocycles. The van der Waals surface area contributed by atoms with Gasteiger partial charge in [0, 0.05) is 4.75 Å². The van der Waals surface area contributed by atoms with Crippen molar-refractivity contribution in [3.63, 3.8) is 0 Å². The van der Waals surface area contributed by atoms with E-state index in [2.05, 4.69) is 0 Å². The average molecular weight is 156 g/mol. The van der Waals surface area contributed by atoms with Crippen LogP contribution in [0.4, 0.5) is 8.78 Å². The third kappa shape index (κ3) is 2.89. The van der Waals surface area contributed by atoms with Crippen LogP contribution in [0.1, 0.15) is 20.8 Å². The van der Waals surface area contributed by atoms with Crippen LogP contribution in [-0.2, 0) is 10.8 Å². The van der Waals surface area contributed by atoms with Crippen molar-refractivity contribution in [1.82, 2.24) is 0 Å². The minimum Gasteiger partial charge on any atom is -0.253 e. The van der Waals surface area contributed by atoms with E-state index in [4.69, 9.17) is 0 Å². The monoisotopic (exact) mass is 156 g/mol. The maximum absolute atomic E-state index is 11.6. The lowest BCUT2D eigenvalue weighted by molar-refractivity contribution is 0.241. The van der Waals surface area contributed by atoms with Gasteiger partial charge >= 0.3 is 5.76 Å². The molecule has 0 heterocycles. The van der Waals surface area contributed by atoms with Crippen molar-refractivity contribution >= 4 is 10.8 Å². The Morgan fingerprint density at radius 1 is 1.33 bits per heavy atom. The summed E-state index contributed by atoms with van der Waals surface area (Å²) in [5, 5.41) is 0. The predicted octanol–water partition coefficient (Wildman–Crippen LogP) is 1.76. The number of hydrogen-bond donors (Lipinski definition) is 0. The third-order valence-electron chi connectivity index (χ3n) is 0.765. The fourth-order valence-electron chi connectivity index (χ4n) is 0.267. The van der Waals surface area contributed by atoms with E-state index in [1.807, 2.05) is 0 Å². The smallest absolute Gasteiger partial charge is 0.253 e. The Morgan fingerprint density at radius 3 is 1.67 bits per heavy atom. The molecule has 0 aromatic heterocycles. The molecule has 0 N–H and O–H groups in total. The molecule has 0 rings (SSSR count). The van der Waals surface area contributed by atoms with Gasteiger partial charge in [0.05, 0.1) is 10.8 Å². The highest BCUT2D eigenvalue weighted by molar-refractivity contribution is 7.86. The Labute approximate surface area is 55.9 Å². The lowest BCUT2D eigenvalue weighted by Gasteiger charge is -2.15. The SMILES string of the molecule is CC(C)(C)S(=O)C(F)F. The number of rotatable bonds is 1. The van der Waals surface area contributed by atoms with Crippen LogP contribution in [0.15, 0.2) is 0 Å². The van der Waals surface area contributed by atoms with Crippen LogP contribution in [-0.4, -0.2) is 14.7 Å². The van der Waals surface area contributed by atoms with Crippen molar-refractivity contribution in [3.8, 4) is 0 Å². The molecular weight excluding hydrogens is 146 g/mol. The van der Waals surface area contributed by atoms with Crippen molar-refractivity contribution < 1.29 is 13.0 Å². The molecule has 4 heteroatoms. The molecule has 0 spiro atoms. The average Bonchev–Trinajstić information content (AvgIpc) is 1.62. The van der Waals surface area contributed by atoms with E-state index in [0.717, 1.165) is 0 Å². The van der Waals surface area contributed by atoms with Gasteiger partial charge in [-0.3, -0.25) is 4.21 Å². The van der Waals surface area contributed by atoms with Gasteiger partial charge in [-0.25, -0.2) is 0 Å². The van der Waals surface area contributed by atoms with Crippen LogP contribution in [0.5, 0.6) is 0 Å². The topological polar surface area (TPSA) is 17.1 Å². The maximum atomic E-state index is 11.6. The van der Waals surface area contributed by atoms with E-state index in [9.17, 15) is 13.0 Å². The van der Waals surface area contributed by atoms with Gasteiger partial charge in [0.15, 0.2) is 0 Å². The first-order valence-corrected chi connectivity index (χ1v) is 3.76. The lowest BCUT2D eigenvalue weighted by Crippen LogP contribution is -2.26. The van der Waals surface area contributed by atoms with Crippen LogP contribution in [0.3, 0.4) is 0 Å². The molecule has 1 atom stereocenters. The number of hydrogen-bond acceptors (Lipinski definition) is 1. The van der Waals surface area contributed by atoms with E-state index in [0.29, 0.717) is 0 Å². The fraction of sp³-hybridized carbons (Fsp3) is 1.00. The second-order valence-corrected chi connectivity index (χ2v) is 4.85. The van der Waals surface area contributed by atoms with Crippen LogP contribution in [0.2, 0.25) is 0 Å². The van der Waals surface area contributed by atoms with E-state index in [-0.39, 0.29) is 0 Å². The zero-order chi connectivity index (χ0) is 7.65. The molecule has 0 aliphatic carbocycles. The molecule has 0 aromatic carbocycles. The number of halogens is 2. The molecule has 0 radical (unpaired) electrons. The summed E-state index contributed by atoms with van der Waals surface area (Å²) in [5.74, 6) is -2.72.